The first-order valence-corrected chi connectivity index (χ1v) is 4.02. The predicted octanol–water partition coefficient (Wildman–Crippen LogP) is 0.891. The minimum Gasteiger partial charge on any atom is -0.381 e. The van der Waals surface area contributed by atoms with Gasteiger partial charge in [-0.3, -0.25) is 0 Å². The molecular formula is C8H11NO2. The summed E-state index contributed by atoms with van der Waals surface area (Å²) < 4.78 is 5.23. The fourth-order valence-electron chi connectivity index (χ4n) is 1.89. The zero-order valence-corrected chi connectivity index (χ0v) is 6.38. The molecule has 11 heavy (non-hydrogen) atoms. The molecule has 0 amide bonds. The first-order valence-electron chi connectivity index (χ1n) is 4.02. The van der Waals surface area contributed by atoms with Gasteiger partial charge in [0.15, 0.2) is 0 Å². The Labute approximate surface area is 65.5 Å². The maximum atomic E-state index is 9.96. The Bertz CT molecular complexity index is 202. The molecule has 0 aromatic rings. The molecule has 2 fully saturated rings. The molecule has 3 heteroatoms. The van der Waals surface area contributed by atoms with Crippen LogP contribution in [0.15, 0.2) is 4.99 Å². The summed E-state index contributed by atoms with van der Waals surface area (Å²) in [5, 5.41) is 0. The molecule has 0 aromatic heterocycles. The highest BCUT2D eigenvalue weighted by molar-refractivity contribution is 5.35. The number of hydrogen-bond donors (Lipinski definition) is 0. The van der Waals surface area contributed by atoms with Gasteiger partial charge in [0.25, 0.3) is 0 Å². The average molecular weight is 153 g/mol. The van der Waals surface area contributed by atoms with E-state index in [1.165, 1.54) is 0 Å². The van der Waals surface area contributed by atoms with E-state index in [2.05, 4.69) is 4.99 Å². The van der Waals surface area contributed by atoms with Gasteiger partial charge in [0.05, 0.1) is 6.04 Å². The van der Waals surface area contributed by atoms with Gasteiger partial charge in [-0.1, -0.05) is 0 Å². The van der Waals surface area contributed by atoms with Gasteiger partial charge in [0.2, 0.25) is 6.08 Å². The van der Waals surface area contributed by atoms with E-state index >= 15 is 0 Å². The van der Waals surface area contributed by atoms with E-state index in [0.717, 1.165) is 32.5 Å². The standard InChI is InChI=1S/C8H11NO2/c10-6-9-7-5-8(7)1-3-11-4-2-8/h7H,1-5H2. The number of isocyanates is 1. The fourth-order valence-corrected chi connectivity index (χ4v) is 1.89. The smallest absolute Gasteiger partial charge is 0.235 e. The van der Waals surface area contributed by atoms with Crippen molar-refractivity contribution in [3.63, 3.8) is 0 Å². The van der Waals surface area contributed by atoms with Gasteiger partial charge in [-0.2, -0.15) is 0 Å². The molecule has 1 aliphatic heterocycles. The highest BCUT2D eigenvalue weighted by Crippen LogP contribution is 2.55. The van der Waals surface area contributed by atoms with Crippen molar-refractivity contribution in [1.29, 1.82) is 0 Å². The Morgan fingerprint density at radius 1 is 1.45 bits per heavy atom. The Morgan fingerprint density at radius 3 is 2.82 bits per heavy atom. The average Bonchev–Trinajstić information content (AvgIpc) is 2.66. The van der Waals surface area contributed by atoms with Crippen LogP contribution < -0.4 is 0 Å². The highest BCUT2D eigenvalue weighted by atomic mass is 16.5. The van der Waals surface area contributed by atoms with Crippen molar-refractivity contribution in [3.05, 3.63) is 0 Å². The van der Waals surface area contributed by atoms with E-state index in [-0.39, 0.29) is 6.04 Å². The topological polar surface area (TPSA) is 38.7 Å². The summed E-state index contributed by atoms with van der Waals surface area (Å²) >= 11 is 0. The number of aliphatic imine (C=N–C) groups is 1. The van der Waals surface area contributed by atoms with Crippen LogP contribution in [-0.4, -0.2) is 25.3 Å². The summed E-state index contributed by atoms with van der Waals surface area (Å²) in [5.74, 6) is 0. The molecule has 2 rings (SSSR count). The van der Waals surface area contributed by atoms with Crippen LogP contribution in [0.4, 0.5) is 0 Å². The van der Waals surface area contributed by atoms with Crippen molar-refractivity contribution in [1.82, 2.24) is 0 Å². The Balaban J connectivity index is 1.98. The SMILES string of the molecule is O=C=NC1CC12CCOCC2. The molecule has 0 N–H and O–H groups in total. The number of rotatable bonds is 1. The van der Waals surface area contributed by atoms with Crippen LogP contribution in [0.5, 0.6) is 0 Å². The fraction of sp³-hybridized carbons (Fsp3) is 0.875. The minimum atomic E-state index is 0.267. The van der Waals surface area contributed by atoms with Crippen LogP contribution in [0.25, 0.3) is 0 Å². The monoisotopic (exact) mass is 153 g/mol. The van der Waals surface area contributed by atoms with E-state index in [0.29, 0.717) is 5.41 Å². The lowest BCUT2D eigenvalue weighted by atomic mass is 9.96. The Kier molecular flexibility index (Phi) is 1.55. The molecule has 0 aromatic carbocycles. The zero-order valence-electron chi connectivity index (χ0n) is 6.38. The second-order valence-corrected chi connectivity index (χ2v) is 3.42. The minimum absolute atomic E-state index is 0.267. The maximum absolute atomic E-state index is 9.96. The van der Waals surface area contributed by atoms with E-state index in [1.807, 2.05) is 0 Å². The van der Waals surface area contributed by atoms with Crippen LogP contribution in [0.3, 0.4) is 0 Å². The van der Waals surface area contributed by atoms with Crippen molar-refractivity contribution in [2.45, 2.75) is 25.3 Å². The van der Waals surface area contributed by atoms with Crippen molar-refractivity contribution < 1.29 is 9.53 Å². The molecule has 1 aliphatic carbocycles. The predicted molar refractivity (Wildman–Crippen MR) is 39.0 cm³/mol. The maximum Gasteiger partial charge on any atom is 0.235 e. The molecule has 0 radical (unpaired) electrons. The molecule has 2 aliphatic rings. The summed E-state index contributed by atoms with van der Waals surface area (Å²) in [5.41, 5.74) is 0.343. The lowest BCUT2D eigenvalue weighted by molar-refractivity contribution is 0.0560. The number of ether oxygens (including phenoxy) is 1. The van der Waals surface area contributed by atoms with Gasteiger partial charge in [-0.05, 0) is 19.3 Å². The van der Waals surface area contributed by atoms with Crippen LogP contribution in [-0.2, 0) is 9.53 Å². The summed E-state index contributed by atoms with van der Waals surface area (Å²) in [6.45, 7) is 1.68. The van der Waals surface area contributed by atoms with Crippen LogP contribution in [0.1, 0.15) is 19.3 Å². The molecule has 60 valence electrons. The van der Waals surface area contributed by atoms with Gasteiger partial charge < -0.3 is 4.74 Å². The van der Waals surface area contributed by atoms with Crippen molar-refractivity contribution in [2.75, 3.05) is 13.2 Å². The third-order valence-corrected chi connectivity index (χ3v) is 2.84. The van der Waals surface area contributed by atoms with Gasteiger partial charge in [-0.25, -0.2) is 9.79 Å². The first kappa shape index (κ1) is 7.01. The van der Waals surface area contributed by atoms with E-state index in [1.54, 1.807) is 6.08 Å². The zero-order chi connectivity index (χ0) is 7.73. The Morgan fingerprint density at radius 2 is 2.18 bits per heavy atom. The normalized spacial score (nSPS) is 32.9. The molecular weight excluding hydrogens is 142 g/mol. The molecule has 1 unspecified atom stereocenters. The molecule has 0 bridgehead atoms. The van der Waals surface area contributed by atoms with Crippen LogP contribution >= 0.6 is 0 Å². The quantitative estimate of drug-likeness (QED) is 0.414. The molecule has 1 saturated heterocycles. The van der Waals surface area contributed by atoms with Gasteiger partial charge in [0, 0.05) is 18.6 Å². The first-order chi connectivity index (χ1) is 5.37. The highest BCUT2D eigenvalue weighted by Gasteiger charge is 2.54. The molecule has 1 saturated carbocycles. The number of hydrogen-bond acceptors (Lipinski definition) is 3. The molecule has 1 heterocycles. The molecule has 3 nitrogen and oxygen atoms in total. The summed E-state index contributed by atoms with van der Waals surface area (Å²) in [6, 6.07) is 0.267. The Hall–Kier alpha value is -0.660. The number of carbonyl (C=O) groups excluding carboxylic acids is 1. The van der Waals surface area contributed by atoms with Crippen molar-refractivity contribution >= 4 is 6.08 Å². The molecule has 1 spiro atoms. The van der Waals surface area contributed by atoms with E-state index in [9.17, 15) is 4.79 Å². The summed E-state index contributed by atoms with van der Waals surface area (Å²) in [4.78, 5) is 13.7. The molecule has 1 atom stereocenters. The van der Waals surface area contributed by atoms with Crippen molar-refractivity contribution in [2.24, 2.45) is 10.4 Å². The third kappa shape index (κ3) is 1.10. The van der Waals surface area contributed by atoms with Crippen LogP contribution in [0, 0.1) is 5.41 Å². The summed E-state index contributed by atoms with van der Waals surface area (Å²) in [7, 11) is 0. The largest absolute Gasteiger partial charge is 0.381 e. The third-order valence-electron chi connectivity index (χ3n) is 2.84. The van der Waals surface area contributed by atoms with E-state index in [4.69, 9.17) is 4.74 Å². The lowest BCUT2D eigenvalue weighted by Crippen LogP contribution is -2.19. The van der Waals surface area contributed by atoms with Gasteiger partial charge >= 0.3 is 0 Å². The van der Waals surface area contributed by atoms with Crippen molar-refractivity contribution in [3.8, 4) is 0 Å². The summed E-state index contributed by atoms with van der Waals surface area (Å²) in [6.07, 6.45) is 4.85. The van der Waals surface area contributed by atoms with E-state index < -0.39 is 0 Å². The van der Waals surface area contributed by atoms with Crippen LogP contribution in [0.2, 0.25) is 0 Å². The second kappa shape index (κ2) is 2.43. The van der Waals surface area contributed by atoms with Gasteiger partial charge in [-0.15, -0.1) is 0 Å². The van der Waals surface area contributed by atoms with Gasteiger partial charge in [0.1, 0.15) is 0 Å². The lowest BCUT2D eigenvalue weighted by Gasteiger charge is -2.21. The second-order valence-electron chi connectivity index (χ2n) is 3.42. The number of nitrogens with zero attached hydrogens (tertiary/aromatic N) is 1.